The molecule has 13 heavy (non-hydrogen) atoms. The molecule has 0 saturated carbocycles. The maximum Gasteiger partial charge on any atom is 0.161 e. The van der Waals surface area contributed by atoms with Gasteiger partial charge in [-0.2, -0.15) is 0 Å². The van der Waals surface area contributed by atoms with E-state index >= 15 is 0 Å². The zero-order valence-corrected chi connectivity index (χ0v) is 7.15. The fourth-order valence-electron chi connectivity index (χ4n) is 1.04. The van der Waals surface area contributed by atoms with E-state index in [-0.39, 0.29) is 18.0 Å². The largest absolute Gasteiger partial charge is 0.330 e. The molecule has 2 N–H and O–H groups in total. The number of hydrogen-bond acceptors (Lipinski definition) is 1. The first-order chi connectivity index (χ1) is 6.06. The van der Waals surface area contributed by atoms with Crippen LogP contribution < -0.4 is 5.73 Å². The summed E-state index contributed by atoms with van der Waals surface area (Å²) in [5, 5.41) is 0. The first kappa shape index (κ1) is 10.1. The van der Waals surface area contributed by atoms with E-state index in [0.29, 0.717) is 6.07 Å². The maximum atomic E-state index is 13.0. The Bertz CT molecular complexity index is 312. The van der Waals surface area contributed by atoms with E-state index in [0.717, 1.165) is 6.07 Å². The Morgan fingerprint density at radius 3 is 2.23 bits per heavy atom. The number of halogens is 3. The summed E-state index contributed by atoms with van der Waals surface area (Å²) in [5.74, 6) is -3.28. The average Bonchev–Trinajstić information content (AvgIpc) is 2.10. The summed E-state index contributed by atoms with van der Waals surface area (Å²) in [6, 6.07) is 1.39. The summed E-state index contributed by atoms with van der Waals surface area (Å²) >= 11 is 0. The Hall–Kier alpha value is -1.03. The number of nitrogens with two attached hydrogens (primary N) is 1. The van der Waals surface area contributed by atoms with E-state index in [4.69, 9.17) is 5.73 Å². The van der Waals surface area contributed by atoms with Crippen LogP contribution in [0.3, 0.4) is 0 Å². The molecule has 0 radical (unpaired) electrons. The van der Waals surface area contributed by atoms with Crippen LogP contribution in [-0.2, 0) is 0 Å². The van der Waals surface area contributed by atoms with Crippen LogP contribution in [0.2, 0.25) is 0 Å². The Morgan fingerprint density at radius 1 is 1.15 bits per heavy atom. The molecule has 0 unspecified atom stereocenters. The SMILES string of the molecule is C[C@@H](CN)c1cc(F)c(F)cc1F. The Labute approximate surface area is 74.4 Å². The molecule has 1 rings (SSSR count). The number of hydrogen-bond donors (Lipinski definition) is 1. The third-order valence-electron chi connectivity index (χ3n) is 1.92. The summed E-state index contributed by atoms with van der Waals surface area (Å²) in [5.41, 5.74) is 5.39. The molecule has 0 fully saturated rings. The molecule has 1 atom stereocenters. The van der Waals surface area contributed by atoms with Crippen molar-refractivity contribution < 1.29 is 13.2 Å². The minimum absolute atomic E-state index is 0.112. The molecular formula is C9H10F3N. The quantitative estimate of drug-likeness (QED) is 0.709. The molecule has 0 aliphatic heterocycles. The molecular weight excluding hydrogens is 179 g/mol. The van der Waals surface area contributed by atoms with Crippen molar-refractivity contribution in [3.8, 4) is 0 Å². The second-order valence-corrected chi connectivity index (χ2v) is 2.92. The first-order valence-corrected chi connectivity index (χ1v) is 3.90. The van der Waals surface area contributed by atoms with Crippen LogP contribution in [0.1, 0.15) is 18.4 Å². The van der Waals surface area contributed by atoms with Gasteiger partial charge in [0, 0.05) is 6.07 Å². The van der Waals surface area contributed by atoms with Crippen molar-refractivity contribution in [1.29, 1.82) is 0 Å². The fourth-order valence-corrected chi connectivity index (χ4v) is 1.04. The summed E-state index contributed by atoms with van der Waals surface area (Å²) in [7, 11) is 0. The monoisotopic (exact) mass is 189 g/mol. The predicted molar refractivity (Wildman–Crippen MR) is 43.8 cm³/mol. The lowest BCUT2D eigenvalue weighted by Gasteiger charge is -2.10. The Balaban J connectivity index is 3.15. The van der Waals surface area contributed by atoms with Gasteiger partial charge in [0.05, 0.1) is 0 Å². The lowest BCUT2D eigenvalue weighted by molar-refractivity contribution is 0.486. The van der Waals surface area contributed by atoms with E-state index in [2.05, 4.69) is 0 Å². The molecule has 0 aliphatic rings. The van der Waals surface area contributed by atoms with Crippen molar-refractivity contribution in [2.45, 2.75) is 12.8 Å². The van der Waals surface area contributed by atoms with Crippen molar-refractivity contribution in [2.24, 2.45) is 5.73 Å². The van der Waals surface area contributed by atoms with Crippen molar-refractivity contribution >= 4 is 0 Å². The van der Waals surface area contributed by atoms with Gasteiger partial charge >= 0.3 is 0 Å². The lowest BCUT2D eigenvalue weighted by atomic mass is 10.0. The van der Waals surface area contributed by atoms with Gasteiger partial charge in [-0.3, -0.25) is 0 Å². The molecule has 1 aromatic rings. The van der Waals surface area contributed by atoms with Gasteiger partial charge in [0.1, 0.15) is 5.82 Å². The lowest BCUT2D eigenvalue weighted by Crippen LogP contribution is -2.11. The second-order valence-electron chi connectivity index (χ2n) is 2.92. The van der Waals surface area contributed by atoms with Gasteiger partial charge in [-0.25, -0.2) is 13.2 Å². The molecule has 0 heterocycles. The molecule has 72 valence electrons. The maximum absolute atomic E-state index is 13.0. The van der Waals surface area contributed by atoms with Crippen molar-refractivity contribution in [2.75, 3.05) is 6.54 Å². The third kappa shape index (κ3) is 2.01. The zero-order valence-electron chi connectivity index (χ0n) is 7.15. The van der Waals surface area contributed by atoms with Crippen LogP contribution in [-0.4, -0.2) is 6.54 Å². The fraction of sp³-hybridized carbons (Fsp3) is 0.333. The van der Waals surface area contributed by atoms with Crippen molar-refractivity contribution in [3.63, 3.8) is 0 Å². The molecule has 4 heteroatoms. The van der Waals surface area contributed by atoms with Crippen LogP contribution in [0.25, 0.3) is 0 Å². The van der Waals surface area contributed by atoms with Gasteiger partial charge < -0.3 is 5.73 Å². The normalized spacial score (nSPS) is 13.0. The van der Waals surface area contributed by atoms with Crippen molar-refractivity contribution in [1.82, 2.24) is 0 Å². The Morgan fingerprint density at radius 2 is 1.69 bits per heavy atom. The highest BCUT2D eigenvalue weighted by Crippen LogP contribution is 2.20. The summed E-state index contributed by atoms with van der Waals surface area (Å²) in [6.07, 6.45) is 0. The van der Waals surface area contributed by atoms with Crippen LogP contribution in [0, 0.1) is 17.5 Å². The zero-order chi connectivity index (χ0) is 10.0. The van der Waals surface area contributed by atoms with E-state index in [1.165, 1.54) is 0 Å². The van der Waals surface area contributed by atoms with Crippen molar-refractivity contribution in [3.05, 3.63) is 35.1 Å². The highest BCUT2D eigenvalue weighted by molar-refractivity contribution is 5.23. The summed E-state index contributed by atoms with van der Waals surface area (Å²) in [4.78, 5) is 0. The van der Waals surface area contributed by atoms with Gasteiger partial charge in [-0.05, 0) is 24.1 Å². The van der Waals surface area contributed by atoms with Gasteiger partial charge in [0.25, 0.3) is 0 Å². The van der Waals surface area contributed by atoms with Gasteiger partial charge in [-0.15, -0.1) is 0 Å². The molecule has 1 nitrogen and oxygen atoms in total. The molecule has 0 spiro atoms. The van der Waals surface area contributed by atoms with E-state index < -0.39 is 17.5 Å². The molecule has 0 aliphatic carbocycles. The van der Waals surface area contributed by atoms with E-state index in [1.807, 2.05) is 0 Å². The molecule has 0 bridgehead atoms. The second kappa shape index (κ2) is 3.79. The average molecular weight is 189 g/mol. The van der Waals surface area contributed by atoms with Gasteiger partial charge in [0.15, 0.2) is 11.6 Å². The number of benzene rings is 1. The van der Waals surface area contributed by atoms with Crippen LogP contribution >= 0.6 is 0 Å². The highest BCUT2D eigenvalue weighted by Gasteiger charge is 2.13. The minimum Gasteiger partial charge on any atom is -0.330 e. The summed E-state index contributed by atoms with van der Waals surface area (Å²) < 4.78 is 38.2. The predicted octanol–water partition coefficient (Wildman–Crippen LogP) is 2.17. The highest BCUT2D eigenvalue weighted by atomic mass is 19.2. The third-order valence-corrected chi connectivity index (χ3v) is 1.92. The Kier molecular flexibility index (Phi) is 2.93. The topological polar surface area (TPSA) is 26.0 Å². The van der Waals surface area contributed by atoms with Crippen LogP contribution in [0.4, 0.5) is 13.2 Å². The molecule has 1 aromatic carbocycles. The molecule has 0 aromatic heterocycles. The standard InChI is InChI=1S/C9H10F3N/c1-5(4-13)6-2-8(11)9(12)3-7(6)10/h2-3,5H,4,13H2,1H3/t5-/m0/s1. The van der Waals surface area contributed by atoms with Crippen LogP contribution in [0.5, 0.6) is 0 Å². The van der Waals surface area contributed by atoms with Gasteiger partial charge in [-0.1, -0.05) is 6.92 Å². The van der Waals surface area contributed by atoms with E-state index in [9.17, 15) is 13.2 Å². The molecule has 0 amide bonds. The van der Waals surface area contributed by atoms with Crippen LogP contribution in [0.15, 0.2) is 12.1 Å². The molecule has 0 saturated heterocycles. The van der Waals surface area contributed by atoms with E-state index in [1.54, 1.807) is 6.92 Å². The first-order valence-electron chi connectivity index (χ1n) is 3.90. The number of rotatable bonds is 2. The smallest absolute Gasteiger partial charge is 0.161 e. The summed E-state index contributed by atoms with van der Waals surface area (Å²) in [6.45, 7) is 1.84. The van der Waals surface area contributed by atoms with Gasteiger partial charge in [0.2, 0.25) is 0 Å². The minimum atomic E-state index is -1.18.